The van der Waals surface area contributed by atoms with Crippen LogP contribution in [0.3, 0.4) is 0 Å². The van der Waals surface area contributed by atoms with Crippen LogP contribution in [0.1, 0.15) is 0 Å². The van der Waals surface area contributed by atoms with E-state index in [4.69, 9.17) is 4.74 Å². The van der Waals surface area contributed by atoms with Crippen molar-refractivity contribution in [3.05, 3.63) is 34.9 Å². The van der Waals surface area contributed by atoms with Gasteiger partial charge in [0.15, 0.2) is 0 Å². The van der Waals surface area contributed by atoms with Gasteiger partial charge in [0.2, 0.25) is 0 Å². The summed E-state index contributed by atoms with van der Waals surface area (Å²) in [6.07, 6.45) is 1.83. The minimum atomic E-state index is 0.803. The van der Waals surface area contributed by atoms with Crippen LogP contribution < -0.4 is 4.90 Å². The molecule has 17 heavy (non-hydrogen) atoms. The summed E-state index contributed by atoms with van der Waals surface area (Å²) in [7, 11) is 0. The molecule has 1 saturated heterocycles. The number of nitrogens with zero attached hydrogens (tertiary/aromatic N) is 2. The van der Waals surface area contributed by atoms with Crippen LogP contribution in [0.4, 0.5) is 5.69 Å². The Hall–Kier alpha value is -1.13. The van der Waals surface area contributed by atoms with Gasteiger partial charge in [-0.2, -0.15) is 0 Å². The lowest BCUT2D eigenvalue weighted by Gasteiger charge is -2.29. The fraction of sp³-hybridized carbons (Fsp3) is 0.308. The van der Waals surface area contributed by atoms with Gasteiger partial charge in [0.1, 0.15) is 0 Å². The zero-order valence-electron chi connectivity index (χ0n) is 9.40. The number of ether oxygens (including phenoxy) is 1. The molecule has 1 aromatic carbocycles. The molecule has 3 nitrogen and oxygen atoms in total. The molecule has 2 heterocycles. The van der Waals surface area contributed by atoms with Crippen LogP contribution in [-0.4, -0.2) is 31.3 Å². The second-order valence-electron chi connectivity index (χ2n) is 4.07. The van der Waals surface area contributed by atoms with Crippen molar-refractivity contribution in [1.29, 1.82) is 0 Å². The number of rotatable bonds is 1. The predicted molar refractivity (Wildman–Crippen MR) is 72.5 cm³/mol. The van der Waals surface area contributed by atoms with Gasteiger partial charge in [-0.3, -0.25) is 4.98 Å². The first-order chi connectivity index (χ1) is 8.36. The summed E-state index contributed by atoms with van der Waals surface area (Å²) < 4.78 is 6.44. The van der Waals surface area contributed by atoms with E-state index >= 15 is 0 Å². The van der Waals surface area contributed by atoms with Gasteiger partial charge in [0, 0.05) is 34.8 Å². The van der Waals surface area contributed by atoms with Crippen LogP contribution in [0, 0.1) is 0 Å². The van der Waals surface area contributed by atoms with Gasteiger partial charge in [-0.1, -0.05) is 0 Å². The van der Waals surface area contributed by atoms with Crippen LogP contribution >= 0.6 is 15.9 Å². The standard InChI is InChI=1S/C13H13BrN2O/c14-11-3-4-12(16-6-8-17-9-7-16)10-2-1-5-15-13(10)11/h1-5H,6-9H2. The molecule has 0 unspecified atom stereocenters. The molecule has 0 atom stereocenters. The van der Waals surface area contributed by atoms with Gasteiger partial charge in [-0.25, -0.2) is 0 Å². The largest absolute Gasteiger partial charge is 0.378 e. The molecule has 0 radical (unpaired) electrons. The number of morpholine rings is 1. The SMILES string of the molecule is Brc1ccc(N2CCOCC2)c2cccnc12. The van der Waals surface area contributed by atoms with Crippen LogP contribution in [0.25, 0.3) is 10.9 Å². The van der Waals surface area contributed by atoms with Crippen molar-refractivity contribution in [2.75, 3.05) is 31.2 Å². The van der Waals surface area contributed by atoms with Gasteiger partial charge in [-0.15, -0.1) is 0 Å². The number of aromatic nitrogens is 1. The third-order valence-electron chi connectivity index (χ3n) is 3.05. The highest BCUT2D eigenvalue weighted by molar-refractivity contribution is 9.10. The Kier molecular flexibility index (Phi) is 2.99. The molecule has 0 spiro atoms. The number of benzene rings is 1. The lowest BCUT2D eigenvalue weighted by Crippen LogP contribution is -2.36. The van der Waals surface area contributed by atoms with E-state index in [-0.39, 0.29) is 0 Å². The number of hydrogen-bond acceptors (Lipinski definition) is 3. The van der Waals surface area contributed by atoms with Crippen molar-refractivity contribution in [2.24, 2.45) is 0 Å². The van der Waals surface area contributed by atoms with Crippen LogP contribution in [0.5, 0.6) is 0 Å². The van der Waals surface area contributed by atoms with E-state index in [0.717, 1.165) is 36.3 Å². The molecule has 1 aromatic heterocycles. The quantitative estimate of drug-likeness (QED) is 0.808. The van der Waals surface area contributed by atoms with Crippen LogP contribution in [-0.2, 0) is 4.74 Å². The van der Waals surface area contributed by atoms with E-state index in [2.05, 4.69) is 44.0 Å². The van der Waals surface area contributed by atoms with Crippen molar-refractivity contribution in [3.63, 3.8) is 0 Å². The third-order valence-corrected chi connectivity index (χ3v) is 3.69. The molecular weight excluding hydrogens is 280 g/mol. The monoisotopic (exact) mass is 292 g/mol. The Morgan fingerprint density at radius 2 is 2.00 bits per heavy atom. The summed E-state index contributed by atoms with van der Waals surface area (Å²) in [5.41, 5.74) is 2.27. The summed E-state index contributed by atoms with van der Waals surface area (Å²) >= 11 is 3.55. The molecular formula is C13H13BrN2O. The second-order valence-corrected chi connectivity index (χ2v) is 4.92. The number of halogens is 1. The average Bonchev–Trinajstić information content (AvgIpc) is 2.41. The van der Waals surface area contributed by atoms with Gasteiger partial charge < -0.3 is 9.64 Å². The van der Waals surface area contributed by atoms with Crippen molar-refractivity contribution >= 4 is 32.5 Å². The number of hydrogen-bond donors (Lipinski definition) is 0. The Morgan fingerprint density at radius 1 is 1.18 bits per heavy atom. The first kappa shape index (κ1) is 11.0. The molecule has 2 aromatic rings. The summed E-state index contributed by atoms with van der Waals surface area (Å²) in [4.78, 5) is 6.79. The molecule has 0 saturated carbocycles. The summed E-state index contributed by atoms with van der Waals surface area (Å²) in [5.74, 6) is 0. The smallest absolute Gasteiger partial charge is 0.0864 e. The topological polar surface area (TPSA) is 25.4 Å². The van der Waals surface area contributed by atoms with E-state index in [1.54, 1.807) is 0 Å². The first-order valence-electron chi connectivity index (χ1n) is 5.72. The Balaban J connectivity index is 2.12. The zero-order chi connectivity index (χ0) is 11.7. The van der Waals surface area contributed by atoms with Gasteiger partial charge in [-0.05, 0) is 40.2 Å². The highest BCUT2D eigenvalue weighted by atomic mass is 79.9. The minimum absolute atomic E-state index is 0.803. The fourth-order valence-corrected chi connectivity index (χ4v) is 2.65. The van der Waals surface area contributed by atoms with Gasteiger partial charge in [0.25, 0.3) is 0 Å². The Bertz CT molecular complexity index is 538. The molecule has 88 valence electrons. The highest BCUT2D eigenvalue weighted by Gasteiger charge is 2.14. The lowest BCUT2D eigenvalue weighted by atomic mass is 10.1. The maximum absolute atomic E-state index is 5.39. The highest BCUT2D eigenvalue weighted by Crippen LogP contribution is 2.31. The van der Waals surface area contributed by atoms with Crippen molar-refractivity contribution in [1.82, 2.24) is 4.98 Å². The van der Waals surface area contributed by atoms with Crippen molar-refractivity contribution in [3.8, 4) is 0 Å². The molecule has 3 rings (SSSR count). The molecule has 1 fully saturated rings. The summed E-state index contributed by atoms with van der Waals surface area (Å²) in [5, 5.41) is 1.20. The number of pyridine rings is 1. The van der Waals surface area contributed by atoms with E-state index in [0.29, 0.717) is 0 Å². The Labute approximate surface area is 109 Å². The van der Waals surface area contributed by atoms with Crippen LogP contribution in [0.2, 0.25) is 0 Å². The summed E-state index contributed by atoms with van der Waals surface area (Å²) in [6.45, 7) is 3.51. The second kappa shape index (κ2) is 4.63. The molecule has 0 aliphatic carbocycles. The molecule has 0 N–H and O–H groups in total. The zero-order valence-corrected chi connectivity index (χ0v) is 11.0. The van der Waals surface area contributed by atoms with Gasteiger partial charge >= 0.3 is 0 Å². The minimum Gasteiger partial charge on any atom is -0.378 e. The molecule has 0 bridgehead atoms. The van der Waals surface area contributed by atoms with Crippen molar-refractivity contribution < 1.29 is 4.74 Å². The number of anilines is 1. The predicted octanol–water partition coefficient (Wildman–Crippen LogP) is 2.83. The maximum Gasteiger partial charge on any atom is 0.0864 e. The summed E-state index contributed by atoms with van der Waals surface area (Å²) in [6, 6.07) is 8.33. The van der Waals surface area contributed by atoms with Gasteiger partial charge in [0.05, 0.1) is 18.7 Å². The van der Waals surface area contributed by atoms with E-state index in [9.17, 15) is 0 Å². The molecule has 0 amide bonds. The van der Waals surface area contributed by atoms with Crippen LogP contribution in [0.15, 0.2) is 34.9 Å². The van der Waals surface area contributed by atoms with Crippen molar-refractivity contribution in [2.45, 2.75) is 0 Å². The van der Waals surface area contributed by atoms with E-state index in [1.807, 2.05) is 12.3 Å². The Morgan fingerprint density at radius 3 is 2.82 bits per heavy atom. The third kappa shape index (κ3) is 2.03. The number of fused-ring (bicyclic) bond motifs is 1. The first-order valence-corrected chi connectivity index (χ1v) is 6.51. The normalized spacial score (nSPS) is 16.4. The average molecular weight is 293 g/mol. The van der Waals surface area contributed by atoms with E-state index < -0.39 is 0 Å². The molecule has 1 aliphatic heterocycles. The fourth-order valence-electron chi connectivity index (χ4n) is 2.20. The maximum atomic E-state index is 5.39. The molecule has 1 aliphatic rings. The van der Waals surface area contributed by atoms with E-state index in [1.165, 1.54) is 11.1 Å². The lowest BCUT2D eigenvalue weighted by molar-refractivity contribution is 0.123. The molecule has 4 heteroatoms.